The van der Waals surface area contributed by atoms with Crippen molar-refractivity contribution in [3.63, 3.8) is 0 Å². The van der Waals surface area contributed by atoms with Crippen molar-refractivity contribution in [2.75, 3.05) is 6.61 Å². The van der Waals surface area contributed by atoms with Gasteiger partial charge in [-0.2, -0.15) is 0 Å². The molecule has 0 heterocycles. The molecule has 23 heavy (non-hydrogen) atoms. The second kappa shape index (κ2) is 7.89. The number of benzene rings is 3. The summed E-state index contributed by atoms with van der Waals surface area (Å²) < 4.78 is 5.57. The quantitative estimate of drug-likeness (QED) is 0.519. The fourth-order valence-corrected chi connectivity index (χ4v) is 22.3. The number of aliphatic hydroxyl groups excluding tert-OH is 1. The van der Waals surface area contributed by atoms with Gasteiger partial charge in [0, 0.05) is 0 Å². The maximum atomic E-state index is 9.51. The fourth-order valence-electron chi connectivity index (χ4n) is 3.45. The molecule has 0 saturated carbocycles. The van der Waals surface area contributed by atoms with Gasteiger partial charge < -0.3 is 0 Å². The molecule has 0 saturated heterocycles. The molecule has 0 atom stereocenters. The van der Waals surface area contributed by atoms with E-state index in [4.69, 9.17) is 0 Å². The molecule has 1 N–H and O–H groups in total. The van der Waals surface area contributed by atoms with Crippen LogP contribution in [0.15, 0.2) is 91.0 Å². The first-order valence-corrected chi connectivity index (χ1v) is 16.7. The molecular formula is C21H22OPb. The zero-order valence-electron chi connectivity index (χ0n) is 13.2. The van der Waals surface area contributed by atoms with E-state index < -0.39 is 21.2 Å². The normalized spacial score (nSPS) is 11.3. The molecule has 0 aliphatic heterocycles. The Hall–Kier alpha value is -1.46. The Morgan fingerprint density at radius 2 is 0.913 bits per heavy atom. The third-order valence-electron chi connectivity index (χ3n) is 4.51. The van der Waals surface area contributed by atoms with Crippen LogP contribution in [0.5, 0.6) is 0 Å². The molecule has 116 valence electrons. The van der Waals surface area contributed by atoms with Gasteiger partial charge >= 0.3 is 144 Å². The molecule has 0 aromatic heterocycles. The first kappa shape index (κ1) is 16.4. The van der Waals surface area contributed by atoms with Gasteiger partial charge in [-0.05, 0) is 0 Å². The predicted molar refractivity (Wildman–Crippen MR) is 100 cm³/mol. The van der Waals surface area contributed by atoms with Crippen LogP contribution in [0.3, 0.4) is 0 Å². The van der Waals surface area contributed by atoms with E-state index >= 15 is 0 Å². The minimum absolute atomic E-state index is 0.258. The van der Waals surface area contributed by atoms with E-state index in [0.29, 0.717) is 0 Å². The van der Waals surface area contributed by atoms with E-state index in [0.717, 1.165) is 10.4 Å². The van der Waals surface area contributed by atoms with E-state index in [9.17, 15) is 5.11 Å². The van der Waals surface area contributed by atoms with Crippen LogP contribution in [0.2, 0.25) is 3.98 Å². The Kier molecular flexibility index (Phi) is 5.62. The second-order valence-electron chi connectivity index (χ2n) is 5.83. The molecule has 1 nitrogen and oxygen atoms in total. The van der Waals surface area contributed by atoms with Gasteiger partial charge in [-0.25, -0.2) is 0 Å². The van der Waals surface area contributed by atoms with Crippen molar-refractivity contribution >= 4 is 30.5 Å². The van der Waals surface area contributed by atoms with Crippen molar-refractivity contribution in [1.29, 1.82) is 0 Å². The Labute approximate surface area is 143 Å². The molecule has 0 amide bonds. The topological polar surface area (TPSA) is 20.2 Å². The summed E-state index contributed by atoms with van der Waals surface area (Å²) in [6.45, 7) is 0.258. The molecule has 0 unspecified atom stereocenters. The van der Waals surface area contributed by atoms with E-state index in [1.807, 2.05) is 0 Å². The van der Waals surface area contributed by atoms with Crippen LogP contribution >= 0.6 is 0 Å². The Morgan fingerprint density at radius 1 is 0.565 bits per heavy atom. The van der Waals surface area contributed by atoms with Crippen LogP contribution in [0.1, 0.15) is 6.42 Å². The van der Waals surface area contributed by atoms with Crippen molar-refractivity contribution in [1.82, 2.24) is 0 Å². The van der Waals surface area contributed by atoms with Crippen LogP contribution in [0, 0.1) is 0 Å². The van der Waals surface area contributed by atoms with Gasteiger partial charge in [0.2, 0.25) is 0 Å². The Morgan fingerprint density at radius 3 is 1.22 bits per heavy atom. The Bertz CT molecular complexity index is 614. The summed E-state index contributed by atoms with van der Waals surface area (Å²) in [5.41, 5.74) is 0. The zero-order valence-corrected chi connectivity index (χ0v) is 17.1. The summed E-state index contributed by atoms with van der Waals surface area (Å²) in [7, 11) is 0. The van der Waals surface area contributed by atoms with E-state index in [-0.39, 0.29) is 6.61 Å². The fraction of sp³-hybridized carbons (Fsp3) is 0.143. The number of hydrogen-bond donors (Lipinski definition) is 1. The van der Waals surface area contributed by atoms with Crippen molar-refractivity contribution in [3.8, 4) is 0 Å². The summed E-state index contributed by atoms with van der Waals surface area (Å²) in [5, 5.41) is 9.51. The number of aliphatic hydroxyl groups is 1. The standard InChI is InChI=1S/3C6H5.C3H7O.Pb/c3*1-2-4-6-5-3-1;1-2-3-4;/h3*1-5H;4H,1-3H2;. The summed E-state index contributed by atoms with van der Waals surface area (Å²) in [6.07, 6.45) is 0.861. The van der Waals surface area contributed by atoms with Crippen molar-refractivity contribution in [3.05, 3.63) is 91.0 Å². The predicted octanol–water partition coefficient (Wildman–Crippen LogP) is 2.54. The average Bonchev–Trinajstić information content (AvgIpc) is 2.65. The summed E-state index contributed by atoms with van der Waals surface area (Å²) >= 11 is -3.23. The van der Waals surface area contributed by atoms with Crippen LogP contribution in [0.4, 0.5) is 0 Å². The van der Waals surface area contributed by atoms with Gasteiger partial charge in [-0.3, -0.25) is 0 Å². The molecule has 0 aliphatic rings. The molecule has 0 radical (unpaired) electrons. The van der Waals surface area contributed by atoms with Crippen molar-refractivity contribution < 1.29 is 5.11 Å². The van der Waals surface area contributed by atoms with Gasteiger partial charge in [0.15, 0.2) is 0 Å². The van der Waals surface area contributed by atoms with Gasteiger partial charge in [0.05, 0.1) is 0 Å². The molecule has 3 rings (SSSR count). The third kappa shape index (κ3) is 3.41. The zero-order chi connectivity index (χ0) is 16.0. The first-order valence-electron chi connectivity index (χ1n) is 8.15. The molecule has 0 fully saturated rings. The summed E-state index contributed by atoms with van der Waals surface area (Å²) in [4.78, 5) is 0. The average molecular weight is 498 g/mol. The molecule has 3 aromatic rings. The van der Waals surface area contributed by atoms with E-state index in [1.54, 1.807) is 0 Å². The van der Waals surface area contributed by atoms with E-state index in [2.05, 4.69) is 91.0 Å². The number of rotatable bonds is 6. The first-order chi connectivity index (χ1) is 11.4. The van der Waals surface area contributed by atoms with Crippen LogP contribution < -0.4 is 9.37 Å². The van der Waals surface area contributed by atoms with Crippen molar-refractivity contribution in [2.24, 2.45) is 0 Å². The molecular weight excluding hydrogens is 475 g/mol. The van der Waals surface area contributed by atoms with Crippen LogP contribution in [-0.4, -0.2) is 32.9 Å². The molecule has 0 aliphatic carbocycles. The second-order valence-corrected chi connectivity index (χ2v) is 21.5. The van der Waals surface area contributed by atoms with Gasteiger partial charge in [0.1, 0.15) is 0 Å². The molecule has 0 spiro atoms. The molecule has 2 heteroatoms. The maximum absolute atomic E-state index is 9.51. The molecule has 3 aromatic carbocycles. The van der Waals surface area contributed by atoms with E-state index in [1.165, 1.54) is 9.37 Å². The summed E-state index contributed by atoms with van der Waals surface area (Å²) in [6, 6.07) is 32.9. The van der Waals surface area contributed by atoms with Gasteiger partial charge in [-0.15, -0.1) is 0 Å². The number of hydrogen-bond acceptors (Lipinski definition) is 1. The van der Waals surface area contributed by atoms with Gasteiger partial charge in [-0.1, -0.05) is 0 Å². The summed E-state index contributed by atoms with van der Waals surface area (Å²) in [5.74, 6) is 0. The Balaban J connectivity index is 2.25. The van der Waals surface area contributed by atoms with Gasteiger partial charge in [0.25, 0.3) is 0 Å². The minimum atomic E-state index is -3.23. The van der Waals surface area contributed by atoms with Crippen LogP contribution in [-0.2, 0) is 0 Å². The van der Waals surface area contributed by atoms with Crippen molar-refractivity contribution in [2.45, 2.75) is 10.4 Å². The van der Waals surface area contributed by atoms with Crippen LogP contribution in [0.25, 0.3) is 0 Å². The molecule has 0 bridgehead atoms. The SMILES string of the molecule is OCC[CH2][Pb]([c]1ccccc1)([c]1ccccc1)[c]1ccccc1. The third-order valence-corrected chi connectivity index (χ3v) is 24.2. The monoisotopic (exact) mass is 498 g/mol.